The minimum atomic E-state index is -0.128. The molecule has 0 radical (unpaired) electrons. The third kappa shape index (κ3) is 2.69. The average molecular weight is 287 g/mol. The van der Waals surface area contributed by atoms with Crippen LogP contribution in [0.4, 0.5) is 5.13 Å². The lowest BCUT2D eigenvalue weighted by molar-refractivity contribution is 0.103. The summed E-state index contributed by atoms with van der Waals surface area (Å²) >= 11 is 2.80. The second-order valence-corrected chi connectivity index (χ2v) is 5.49. The minimum Gasteiger partial charge on any atom is -0.297 e. The Morgan fingerprint density at radius 1 is 1.11 bits per heavy atom. The summed E-state index contributed by atoms with van der Waals surface area (Å²) in [6.45, 7) is 0. The Kier molecular flexibility index (Phi) is 3.35. The number of hydrogen-bond acceptors (Lipinski definition) is 5. The van der Waals surface area contributed by atoms with Crippen molar-refractivity contribution in [1.82, 2.24) is 9.97 Å². The lowest BCUT2D eigenvalue weighted by Crippen LogP contribution is -2.09. The van der Waals surface area contributed by atoms with E-state index in [1.165, 1.54) is 22.7 Å². The molecule has 0 aliphatic rings. The molecule has 0 fully saturated rings. The SMILES string of the molecule is O=C(Nc1nc(-c2ccccn2)cs1)c1cccs1. The fourth-order valence-electron chi connectivity index (χ4n) is 1.53. The highest BCUT2D eigenvalue weighted by atomic mass is 32.1. The number of thiazole rings is 1. The van der Waals surface area contributed by atoms with Crippen LogP contribution in [0, 0.1) is 0 Å². The normalized spacial score (nSPS) is 10.3. The van der Waals surface area contributed by atoms with Crippen LogP contribution >= 0.6 is 22.7 Å². The molecule has 0 aliphatic carbocycles. The van der Waals surface area contributed by atoms with Crippen LogP contribution in [0.3, 0.4) is 0 Å². The number of carbonyl (C=O) groups is 1. The molecular weight excluding hydrogens is 278 g/mol. The zero-order valence-electron chi connectivity index (χ0n) is 9.74. The van der Waals surface area contributed by atoms with Crippen molar-refractivity contribution in [2.24, 2.45) is 0 Å². The molecule has 0 unspecified atom stereocenters. The first-order valence-electron chi connectivity index (χ1n) is 5.55. The topological polar surface area (TPSA) is 54.9 Å². The zero-order chi connectivity index (χ0) is 13.1. The highest BCUT2D eigenvalue weighted by Gasteiger charge is 2.10. The van der Waals surface area contributed by atoms with E-state index in [1.807, 2.05) is 35.0 Å². The van der Waals surface area contributed by atoms with Crippen molar-refractivity contribution in [2.45, 2.75) is 0 Å². The smallest absolute Gasteiger partial charge is 0.267 e. The predicted octanol–water partition coefficient (Wildman–Crippen LogP) is 3.52. The van der Waals surface area contributed by atoms with Crippen LogP contribution in [0.1, 0.15) is 9.67 Å². The van der Waals surface area contributed by atoms with Crippen LogP contribution in [-0.2, 0) is 0 Å². The van der Waals surface area contributed by atoms with E-state index >= 15 is 0 Å². The van der Waals surface area contributed by atoms with Gasteiger partial charge in [-0.1, -0.05) is 12.1 Å². The van der Waals surface area contributed by atoms with Gasteiger partial charge >= 0.3 is 0 Å². The van der Waals surface area contributed by atoms with Crippen molar-refractivity contribution in [3.8, 4) is 11.4 Å². The monoisotopic (exact) mass is 287 g/mol. The van der Waals surface area contributed by atoms with E-state index in [4.69, 9.17) is 0 Å². The number of nitrogens with zero attached hydrogens (tertiary/aromatic N) is 2. The maximum atomic E-state index is 11.9. The van der Waals surface area contributed by atoms with Crippen molar-refractivity contribution < 1.29 is 4.79 Å². The van der Waals surface area contributed by atoms with E-state index in [0.29, 0.717) is 10.0 Å². The molecule has 0 atom stereocenters. The van der Waals surface area contributed by atoms with Gasteiger partial charge in [-0.2, -0.15) is 0 Å². The Balaban J connectivity index is 1.77. The van der Waals surface area contributed by atoms with Crippen molar-refractivity contribution in [2.75, 3.05) is 5.32 Å². The average Bonchev–Trinajstić information content (AvgIpc) is 3.11. The van der Waals surface area contributed by atoms with Crippen LogP contribution in [0.25, 0.3) is 11.4 Å². The van der Waals surface area contributed by atoms with Crippen LogP contribution in [-0.4, -0.2) is 15.9 Å². The molecule has 1 N–H and O–H groups in total. The first-order valence-corrected chi connectivity index (χ1v) is 7.30. The summed E-state index contributed by atoms with van der Waals surface area (Å²) in [6.07, 6.45) is 1.72. The molecule has 4 nitrogen and oxygen atoms in total. The molecule has 0 aromatic carbocycles. The number of thiophene rings is 1. The Labute approximate surface area is 117 Å². The summed E-state index contributed by atoms with van der Waals surface area (Å²) in [6, 6.07) is 9.29. The molecule has 94 valence electrons. The van der Waals surface area contributed by atoms with E-state index in [-0.39, 0.29) is 5.91 Å². The summed E-state index contributed by atoms with van der Waals surface area (Å²) in [4.78, 5) is 21.1. The van der Waals surface area contributed by atoms with Gasteiger partial charge in [-0.05, 0) is 23.6 Å². The molecule has 1 amide bonds. The number of carbonyl (C=O) groups excluding carboxylic acids is 1. The first kappa shape index (κ1) is 12.0. The molecule has 0 saturated carbocycles. The lowest BCUT2D eigenvalue weighted by atomic mass is 10.3. The van der Waals surface area contributed by atoms with Gasteiger partial charge in [0, 0.05) is 11.6 Å². The van der Waals surface area contributed by atoms with Crippen molar-refractivity contribution >= 4 is 33.7 Å². The van der Waals surface area contributed by atoms with Gasteiger partial charge in [-0.3, -0.25) is 15.1 Å². The van der Waals surface area contributed by atoms with Gasteiger partial charge in [0.25, 0.3) is 5.91 Å². The van der Waals surface area contributed by atoms with Crippen LogP contribution < -0.4 is 5.32 Å². The largest absolute Gasteiger partial charge is 0.297 e. The van der Waals surface area contributed by atoms with Crippen LogP contribution in [0.15, 0.2) is 47.3 Å². The second-order valence-electron chi connectivity index (χ2n) is 3.68. The van der Waals surface area contributed by atoms with E-state index in [0.717, 1.165) is 11.4 Å². The lowest BCUT2D eigenvalue weighted by Gasteiger charge is -1.97. The van der Waals surface area contributed by atoms with E-state index in [1.54, 1.807) is 12.3 Å². The molecule has 19 heavy (non-hydrogen) atoms. The van der Waals surface area contributed by atoms with Gasteiger partial charge in [0.15, 0.2) is 5.13 Å². The van der Waals surface area contributed by atoms with Crippen molar-refractivity contribution in [3.05, 3.63) is 52.2 Å². The predicted molar refractivity (Wildman–Crippen MR) is 77.6 cm³/mol. The molecule has 3 aromatic rings. The van der Waals surface area contributed by atoms with Gasteiger partial charge in [0.05, 0.1) is 10.6 Å². The maximum absolute atomic E-state index is 11.9. The molecule has 0 spiro atoms. The summed E-state index contributed by atoms with van der Waals surface area (Å²) in [5, 5.41) is 7.12. The number of aromatic nitrogens is 2. The third-order valence-electron chi connectivity index (χ3n) is 2.40. The highest BCUT2D eigenvalue weighted by Crippen LogP contribution is 2.23. The first-order chi connectivity index (χ1) is 9.33. The van der Waals surface area contributed by atoms with Crippen molar-refractivity contribution in [3.63, 3.8) is 0 Å². The quantitative estimate of drug-likeness (QED) is 0.802. The zero-order valence-corrected chi connectivity index (χ0v) is 11.4. The van der Waals surface area contributed by atoms with Gasteiger partial charge in [0.1, 0.15) is 5.69 Å². The van der Waals surface area contributed by atoms with Crippen LogP contribution in [0.2, 0.25) is 0 Å². The van der Waals surface area contributed by atoms with Crippen molar-refractivity contribution in [1.29, 1.82) is 0 Å². The van der Waals surface area contributed by atoms with E-state index in [9.17, 15) is 4.79 Å². The molecule has 3 rings (SSSR count). The number of anilines is 1. The summed E-state index contributed by atoms with van der Waals surface area (Å²) in [5.41, 5.74) is 1.57. The molecule has 0 aliphatic heterocycles. The Bertz CT molecular complexity index is 677. The van der Waals surface area contributed by atoms with Crippen LogP contribution in [0.5, 0.6) is 0 Å². The second kappa shape index (κ2) is 5.29. The summed E-state index contributed by atoms with van der Waals surface area (Å²) in [7, 11) is 0. The number of pyridine rings is 1. The number of amides is 1. The molecule has 6 heteroatoms. The summed E-state index contributed by atoms with van der Waals surface area (Å²) in [5.74, 6) is -0.128. The molecule has 3 aromatic heterocycles. The minimum absolute atomic E-state index is 0.128. The number of rotatable bonds is 3. The Morgan fingerprint density at radius 3 is 2.79 bits per heavy atom. The molecule has 0 saturated heterocycles. The van der Waals surface area contributed by atoms with E-state index in [2.05, 4.69) is 15.3 Å². The fraction of sp³-hybridized carbons (Fsp3) is 0. The Morgan fingerprint density at radius 2 is 2.05 bits per heavy atom. The summed E-state index contributed by atoms with van der Waals surface area (Å²) < 4.78 is 0. The third-order valence-corrected chi connectivity index (χ3v) is 4.02. The van der Waals surface area contributed by atoms with Gasteiger partial charge in [-0.25, -0.2) is 4.98 Å². The van der Waals surface area contributed by atoms with Gasteiger partial charge < -0.3 is 0 Å². The Hall–Kier alpha value is -2.05. The van der Waals surface area contributed by atoms with Gasteiger partial charge in [-0.15, -0.1) is 22.7 Å². The number of hydrogen-bond donors (Lipinski definition) is 1. The standard InChI is InChI=1S/C13H9N3OS2/c17-12(11-5-3-7-18-11)16-13-15-10(8-19-13)9-4-1-2-6-14-9/h1-8H,(H,15,16,17). The number of nitrogens with one attached hydrogen (secondary N) is 1. The maximum Gasteiger partial charge on any atom is 0.267 e. The molecule has 3 heterocycles. The molecular formula is C13H9N3OS2. The van der Waals surface area contributed by atoms with Gasteiger partial charge in [0.2, 0.25) is 0 Å². The highest BCUT2D eigenvalue weighted by molar-refractivity contribution is 7.14. The molecule has 0 bridgehead atoms. The van der Waals surface area contributed by atoms with E-state index < -0.39 is 0 Å². The fourth-order valence-corrected chi connectivity index (χ4v) is 2.85.